The van der Waals surface area contributed by atoms with Gasteiger partial charge in [0.05, 0.1) is 4.90 Å². The molecule has 126 valence electrons. The number of nitrogens with one attached hydrogen (secondary N) is 1. The number of hydrogen-bond acceptors (Lipinski definition) is 3. The molecule has 1 heterocycles. The maximum atomic E-state index is 12.6. The predicted octanol–water partition coefficient (Wildman–Crippen LogP) is 3.33. The first-order valence-corrected chi connectivity index (χ1v) is 10.2. The minimum Gasteiger partial charge on any atom is -0.322 e. The second kappa shape index (κ2) is 7.20. The summed E-state index contributed by atoms with van der Waals surface area (Å²) in [6.45, 7) is 1.11. The smallest absolute Gasteiger partial charge is 0.255 e. The summed E-state index contributed by atoms with van der Waals surface area (Å²) >= 11 is 2.17. The molecule has 1 saturated heterocycles. The number of sulfonamides is 1. The molecule has 0 unspecified atom stereocenters. The highest BCUT2D eigenvalue weighted by Crippen LogP contribution is 2.23. The Bertz CT molecular complexity index is 844. The Balaban J connectivity index is 1.80. The van der Waals surface area contributed by atoms with Crippen LogP contribution in [0.15, 0.2) is 53.4 Å². The molecule has 1 aliphatic rings. The van der Waals surface area contributed by atoms with Crippen LogP contribution in [0.25, 0.3) is 0 Å². The van der Waals surface area contributed by atoms with E-state index in [2.05, 4.69) is 27.9 Å². The van der Waals surface area contributed by atoms with Crippen molar-refractivity contribution in [3.63, 3.8) is 0 Å². The van der Waals surface area contributed by atoms with Gasteiger partial charge in [-0.25, -0.2) is 8.42 Å². The molecular formula is C17H17IN2O3S. The van der Waals surface area contributed by atoms with Crippen molar-refractivity contribution in [1.29, 1.82) is 0 Å². The van der Waals surface area contributed by atoms with Gasteiger partial charge in [-0.3, -0.25) is 4.79 Å². The molecule has 0 bridgehead atoms. The van der Waals surface area contributed by atoms with Gasteiger partial charge in [-0.15, -0.1) is 0 Å². The lowest BCUT2D eigenvalue weighted by Gasteiger charge is -2.16. The Kier molecular flexibility index (Phi) is 5.21. The monoisotopic (exact) mass is 456 g/mol. The first-order valence-electron chi connectivity index (χ1n) is 7.64. The number of anilines is 1. The van der Waals surface area contributed by atoms with Gasteiger partial charge >= 0.3 is 0 Å². The average molecular weight is 456 g/mol. The number of halogens is 1. The molecule has 1 N–H and O–H groups in total. The van der Waals surface area contributed by atoms with Crippen LogP contribution >= 0.6 is 22.6 Å². The summed E-state index contributed by atoms with van der Waals surface area (Å²) in [6.07, 6.45) is 1.78. The minimum atomic E-state index is -3.49. The van der Waals surface area contributed by atoms with E-state index in [-0.39, 0.29) is 10.8 Å². The van der Waals surface area contributed by atoms with E-state index in [1.165, 1.54) is 10.4 Å². The van der Waals surface area contributed by atoms with E-state index >= 15 is 0 Å². The zero-order valence-corrected chi connectivity index (χ0v) is 15.9. The summed E-state index contributed by atoms with van der Waals surface area (Å²) in [5.41, 5.74) is 1.00. The third kappa shape index (κ3) is 3.79. The van der Waals surface area contributed by atoms with E-state index in [0.29, 0.717) is 24.3 Å². The molecule has 2 aromatic carbocycles. The Morgan fingerprint density at radius 1 is 1.04 bits per heavy atom. The van der Waals surface area contributed by atoms with Crippen LogP contribution in [0.4, 0.5) is 5.69 Å². The average Bonchev–Trinajstić information content (AvgIpc) is 3.11. The van der Waals surface area contributed by atoms with Crippen molar-refractivity contribution < 1.29 is 13.2 Å². The maximum Gasteiger partial charge on any atom is 0.255 e. The first-order chi connectivity index (χ1) is 11.5. The fourth-order valence-electron chi connectivity index (χ4n) is 2.62. The zero-order valence-electron chi connectivity index (χ0n) is 12.9. The number of amides is 1. The van der Waals surface area contributed by atoms with Gasteiger partial charge in [0, 0.05) is 27.9 Å². The summed E-state index contributed by atoms with van der Waals surface area (Å²) in [4.78, 5) is 12.5. The van der Waals surface area contributed by atoms with Gasteiger partial charge in [-0.2, -0.15) is 4.31 Å². The molecule has 0 aliphatic carbocycles. The standard InChI is InChI=1S/C17H17IN2O3S/c18-14-8-6-13(7-9-14)17(21)19-15-4-3-5-16(12-15)24(22,23)20-10-1-2-11-20/h3-9,12H,1-2,10-11H2,(H,19,21). The Hall–Kier alpha value is -1.45. The molecule has 1 fully saturated rings. The number of hydrogen-bond donors (Lipinski definition) is 1. The number of carbonyl (C=O) groups excluding carboxylic acids is 1. The van der Waals surface area contributed by atoms with Crippen molar-refractivity contribution in [3.8, 4) is 0 Å². The van der Waals surface area contributed by atoms with Crippen LogP contribution in [0.3, 0.4) is 0 Å². The van der Waals surface area contributed by atoms with Crippen LogP contribution in [0.5, 0.6) is 0 Å². The number of benzene rings is 2. The van der Waals surface area contributed by atoms with E-state index in [4.69, 9.17) is 0 Å². The van der Waals surface area contributed by atoms with Crippen LogP contribution in [0.2, 0.25) is 0 Å². The quantitative estimate of drug-likeness (QED) is 0.718. The van der Waals surface area contributed by atoms with E-state index in [9.17, 15) is 13.2 Å². The van der Waals surface area contributed by atoms with E-state index in [0.717, 1.165) is 16.4 Å². The molecule has 0 atom stereocenters. The lowest BCUT2D eigenvalue weighted by atomic mass is 10.2. The lowest BCUT2D eigenvalue weighted by Crippen LogP contribution is -2.27. The van der Waals surface area contributed by atoms with Gasteiger partial charge < -0.3 is 5.32 Å². The van der Waals surface area contributed by atoms with Gasteiger partial charge in [0.2, 0.25) is 10.0 Å². The lowest BCUT2D eigenvalue weighted by molar-refractivity contribution is 0.102. The second-order valence-corrected chi connectivity index (χ2v) is 8.78. The summed E-state index contributed by atoms with van der Waals surface area (Å²) in [7, 11) is -3.49. The van der Waals surface area contributed by atoms with Crippen LogP contribution in [0.1, 0.15) is 23.2 Å². The molecule has 0 spiro atoms. The molecule has 7 heteroatoms. The summed E-state index contributed by atoms with van der Waals surface area (Å²) in [5.74, 6) is -0.262. The minimum absolute atomic E-state index is 0.213. The molecule has 0 radical (unpaired) electrons. The SMILES string of the molecule is O=C(Nc1cccc(S(=O)(=O)N2CCCC2)c1)c1ccc(I)cc1. The topological polar surface area (TPSA) is 66.5 Å². The van der Waals surface area contributed by atoms with Gasteiger partial charge in [0.1, 0.15) is 0 Å². The van der Waals surface area contributed by atoms with Crippen molar-refractivity contribution in [3.05, 3.63) is 57.7 Å². The molecule has 1 aliphatic heterocycles. The summed E-state index contributed by atoms with van der Waals surface area (Å²) in [6, 6.07) is 13.6. The third-order valence-corrected chi connectivity index (χ3v) is 6.51. The Labute approximate surface area is 155 Å². The molecule has 1 amide bonds. The Morgan fingerprint density at radius 3 is 2.38 bits per heavy atom. The second-order valence-electron chi connectivity index (χ2n) is 5.60. The zero-order chi connectivity index (χ0) is 17.2. The molecule has 3 rings (SSSR count). The fourth-order valence-corrected chi connectivity index (χ4v) is 4.54. The van der Waals surface area contributed by atoms with E-state index in [1.807, 2.05) is 12.1 Å². The van der Waals surface area contributed by atoms with E-state index < -0.39 is 10.0 Å². The maximum absolute atomic E-state index is 12.6. The predicted molar refractivity (Wildman–Crippen MR) is 102 cm³/mol. The number of carbonyl (C=O) groups is 1. The number of rotatable bonds is 4. The highest BCUT2D eigenvalue weighted by Gasteiger charge is 2.27. The molecule has 5 nitrogen and oxygen atoms in total. The first kappa shape index (κ1) is 17.4. The Morgan fingerprint density at radius 2 is 1.71 bits per heavy atom. The van der Waals surface area contributed by atoms with Crippen molar-refractivity contribution in [2.45, 2.75) is 17.7 Å². The van der Waals surface area contributed by atoms with Crippen LogP contribution in [-0.4, -0.2) is 31.7 Å². The number of nitrogens with zero attached hydrogens (tertiary/aromatic N) is 1. The molecular weight excluding hydrogens is 439 g/mol. The molecule has 0 saturated carbocycles. The fraction of sp³-hybridized carbons (Fsp3) is 0.235. The van der Waals surface area contributed by atoms with Gasteiger partial charge in [-0.05, 0) is 77.9 Å². The van der Waals surface area contributed by atoms with E-state index in [1.54, 1.807) is 30.3 Å². The molecule has 0 aromatic heterocycles. The van der Waals surface area contributed by atoms with Crippen LogP contribution in [-0.2, 0) is 10.0 Å². The van der Waals surface area contributed by atoms with Gasteiger partial charge in [-0.1, -0.05) is 6.07 Å². The normalized spacial score (nSPS) is 15.4. The van der Waals surface area contributed by atoms with Crippen molar-refractivity contribution in [2.75, 3.05) is 18.4 Å². The van der Waals surface area contributed by atoms with Crippen LogP contribution < -0.4 is 5.32 Å². The highest BCUT2D eigenvalue weighted by molar-refractivity contribution is 14.1. The largest absolute Gasteiger partial charge is 0.322 e. The van der Waals surface area contributed by atoms with Crippen LogP contribution in [0, 0.1) is 3.57 Å². The third-order valence-electron chi connectivity index (χ3n) is 3.90. The van der Waals surface area contributed by atoms with Crippen molar-refractivity contribution >= 4 is 44.2 Å². The van der Waals surface area contributed by atoms with Crippen molar-refractivity contribution in [2.24, 2.45) is 0 Å². The van der Waals surface area contributed by atoms with Gasteiger partial charge in [0.15, 0.2) is 0 Å². The highest BCUT2D eigenvalue weighted by atomic mass is 127. The molecule has 2 aromatic rings. The van der Waals surface area contributed by atoms with Gasteiger partial charge in [0.25, 0.3) is 5.91 Å². The summed E-state index contributed by atoms with van der Waals surface area (Å²) < 4.78 is 27.7. The molecule has 24 heavy (non-hydrogen) atoms. The summed E-state index contributed by atoms with van der Waals surface area (Å²) in [5, 5.41) is 2.76. The van der Waals surface area contributed by atoms with Crippen molar-refractivity contribution in [1.82, 2.24) is 4.31 Å².